The Morgan fingerprint density at radius 3 is 2.55 bits per heavy atom. The molecule has 2 aromatic rings. The molecule has 0 radical (unpaired) electrons. The van der Waals surface area contributed by atoms with Gasteiger partial charge >= 0.3 is 0 Å². The lowest BCUT2D eigenvalue weighted by Crippen LogP contribution is -2.03. The van der Waals surface area contributed by atoms with Gasteiger partial charge in [-0.3, -0.25) is 0 Å². The van der Waals surface area contributed by atoms with E-state index in [1.165, 1.54) is 5.56 Å². The number of aryl methyl sites for hydroxylation is 1. The summed E-state index contributed by atoms with van der Waals surface area (Å²) in [6, 6.07) is 7.83. The van der Waals surface area contributed by atoms with E-state index in [4.69, 9.17) is 9.47 Å². The maximum absolute atomic E-state index is 10.4. The average molecular weight is 292 g/mol. The third-order valence-corrected chi connectivity index (χ3v) is 4.40. The van der Waals surface area contributed by atoms with Crippen LogP contribution in [0.25, 0.3) is 0 Å². The Morgan fingerprint density at radius 1 is 1.15 bits per heavy atom. The molecule has 0 aliphatic rings. The number of rotatable bonds is 6. The molecule has 20 heavy (non-hydrogen) atoms. The summed E-state index contributed by atoms with van der Waals surface area (Å²) in [7, 11) is 3.23. The quantitative estimate of drug-likeness (QED) is 0.884. The van der Waals surface area contributed by atoms with Gasteiger partial charge in [0, 0.05) is 11.3 Å². The predicted molar refractivity (Wildman–Crippen MR) is 81.9 cm³/mol. The fourth-order valence-electron chi connectivity index (χ4n) is 2.26. The van der Waals surface area contributed by atoms with Gasteiger partial charge in [0.15, 0.2) is 11.5 Å². The highest BCUT2D eigenvalue weighted by atomic mass is 32.1. The maximum atomic E-state index is 10.4. The first-order chi connectivity index (χ1) is 9.69. The molecule has 1 N–H and O–H groups in total. The van der Waals surface area contributed by atoms with Crippen LogP contribution in [0.15, 0.2) is 29.6 Å². The molecule has 1 heterocycles. The van der Waals surface area contributed by atoms with Crippen molar-refractivity contribution in [2.45, 2.75) is 25.9 Å². The molecule has 2 rings (SSSR count). The van der Waals surface area contributed by atoms with E-state index in [1.54, 1.807) is 25.6 Å². The first kappa shape index (κ1) is 14.9. The fraction of sp³-hybridized carbons (Fsp3) is 0.375. The fourth-order valence-corrected chi connectivity index (χ4v) is 3.24. The first-order valence-electron chi connectivity index (χ1n) is 6.64. The molecule has 0 bridgehead atoms. The number of hydrogen-bond donors (Lipinski definition) is 1. The molecule has 0 aliphatic heterocycles. The molecule has 1 aromatic heterocycles. The second-order valence-corrected chi connectivity index (χ2v) is 5.52. The van der Waals surface area contributed by atoms with E-state index in [9.17, 15) is 5.11 Å². The monoisotopic (exact) mass is 292 g/mol. The lowest BCUT2D eigenvalue weighted by Gasteiger charge is -2.13. The Hall–Kier alpha value is -1.52. The number of ether oxygens (including phenoxy) is 2. The van der Waals surface area contributed by atoms with Gasteiger partial charge in [0.2, 0.25) is 0 Å². The third kappa shape index (κ3) is 3.14. The second kappa shape index (κ2) is 6.77. The number of thiophene rings is 1. The van der Waals surface area contributed by atoms with Crippen LogP contribution >= 0.6 is 11.3 Å². The van der Waals surface area contributed by atoms with Crippen LogP contribution in [0.5, 0.6) is 11.5 Å². The highest BCUT2D eigenvalue weighted by molar-refractivity contribution is 7.10. The van der Waals surface area contributed by atoms with E-state index in [0.717, 1.165) is 16.9 Å². The van der Waals surface area contributed by atoms with Crippen LogP contribution in [0.3, 0.4) is 0 Å². The van der Waals surface area contributed by atoms with Gasteiger partial charge in [0.25, 0.3) is 0 Å². The third-order valence-electron chi connectivity index (χ3n) is 3.34. The summed E-state index contributed by atoms with van der Waals surface area (Å²) in [6.07, 6.45) is 1.05. The summed E-state index contributed by atoms with van der Waals surface area (Å²) in [6.45, 7) is 2.11. The van der Waals surface area contributed by atoms with Crippen LogP contribution in [0, 0.1) is 0 Å². The van der Waals surface area contributed by atoms with Gasteiger partial charge in [0.1, 0.15) is 0 Å². The molecule has 108 valence electrons. The SMILES string of the molecule is CCc1ccsc1C(O)Cc1ccc(OC)c(OC)c1. The van der Waals surface area contributed by atoms with Crippen molar-refractivity contribution in [2.24, 2.45) is 0 Å². The van der Waals surface area contributed by atoms with Crippen LogP contribution in [-0.4, -0.2) is 19.3 Å². The number of aliphatic hydroxyl groups excluding tert-OH is 1. The van der Waals surface area contributed by atoms with Gasteiger partial charge in [-0.25, -0.2) is 0 Å². The summed E-state index contributed by atoms with van der Waals surface area (Å²) in [5, 5.41) is 12.4. The Bertz CT molecular complexity index is 563. The Balaban J connectivity index is 2.17. The van der Waals surface area contributed by atoms with Gasteiger partial charge in [0.05, 0.1) is 20.3 Å². The molecule has 0 amide bonds. The van der Waals surface area contributed by atoms with Gasteiger partial charge in [-0.2, -0.15) is 0 Å². The van der Waals surface area contributed by atoms with Crippen molar-refractivity contribution < 1.29 is 14.6 Å². The molecule has 0 saturated carbocycles. The molecule has 4 heteroatoms. The van der Waals surface area contributed by atoms with Crippen molar-refractivity contribution in [1.82, 2.24) is 0 Å². The molecule has 0 fully saturated rings. The van der Waals surface area contributed by atoms with Gasteiger partial charge in [-0.05, 0) is 41.1 Å². The highest BCUT2D eigenvalue weighted by Crippen LogP contribution is 2.31. The van der Waals surface area contributed by atoms with E-state index in [0.29, 0.717) is 17.9 Å². The average Bonchev–Trinajstić information content (AvgIpc) is 2.95. The van der Waals surface area contributed by atoms with Gasteiger partial charge < -0.3 is 14.6 Å². The topological polar surface area (TPSA) is 38.7 Å². The van der Waals surface area contributed by atoms with Crippen LogP contribution in [0.1, 0.15) is 29.0 Å². The number of benzene rings is 1. The maximum Gasteiger partial charge on any atom is 0.160 e. The first-order valence-corrected chi connectivity index (χ1v) is 7.52. The lowest BCUT2D eigenvalue weighted by atomic mass is 10.0. The second-order valence-electron chi connectivity index (χ2n) is 4.57. The minimum atomic E-state index is -0.469. The standard InChI is InChI=1S/C16H20O3S/c1-4-12-7-8-20-16(12)13(17)9-11-5-6-14(18-2)15(10-11)19-3/h5-8,10,13,17H,4,9H2,1-3H3. The summed E-state index contributed by atoms with van der Waals surface area (Å²) < 4.78 is 10.5. The summed E-state index contributed by atoms with van der Waals surface area (Å²) in [5.41, 5.74) is 2.26. The normalized spacial score (nSPS) is 12.2. The molecule has 1 atom stereocenters. The smallest absolute Gasteiger partial charge is 0.160 e. The van der Waals surface area contributed by atoms with Crippen LogP contribution in [0.2, 0.25) is 0 Å². The minimum absolute atomic E-state index is 0.469. The zero-order chi connectivity index (χ0) is 14.5. The molecular formula is C16H20O3S. The summed E-state index contributed by atoms with van der Waals surface area (Å²) in [5.74, 6) is 1.40. The number of hydrogen-bond acceptors (Lipinski definition) is 4. The highest BCUT2D eigenvalue weighted by Gasteiger charge is 2.15. The van der Waals surface area contributed by atoms with Crippen molar-refractivity contribution in [3.05, 3.63) is 45.6 Å². The Labute approximate surface area is 123 Å². The Morgan fingerprint density at radius 2 is 1.90 bits per heavy atom. The molecule has 3 nitrogen and oxygen atoms in total. The molecule has 1 unspecified atom stereocenters. The molecule has 0 saturated heterocycles. The lowest BCUT2D eigenvalue weighted by molar-refractivity contribution is 0.181. The van der Waals surface area contributed by atoms with Crippen molar-refractivity contribution in [3.8, 4) is 11.5 Å². The molecule has 1 aromatic carbocycles. The number of methoxy groups -OCH3 is 2. The van der Waals surface area contributed by atoms with Gasteiger partial charge in [-0.15, -0.1) is 11.3 Å². The largest absolute Gasteiger partial charge is 0.493 e. The van der Waals surface area contributed by atoms with E-state index in [-0.39, 0.29) is 0 Å². The minimum Gasteiger partial charge on any atom is -0.493 e. The van der Waals surface area contributed by atoms with Crippen LogP contribution < -0.4 is 9.47 Å². The van der Waals surface area contributed by atoms with Gasteiger partial charge in [-0.1, -0.05) is 13.0 Å². The zero-order valence-electron chi connectivity index (χ0n) is 12.1. The van der Waals surface area contributed by atoms with Crippen LogP contribution in [0.4, 0.5) is 0 Å². The van der Waals surface area contributed by atoms with E-state index in [2.05, 4.69) is 13.0 Å². The zero-order valence-corrected chi connectivity index (χ0v) is 12.9. The molecule has 0 aliphatic carbocycles. The molecular weight excluding hydrogens is 272 g/mol. The Kier molecular flexibility index (Phi) is 5.04. The summed E-state index contributed by atoms with van der Waals surface area (Å²) in [4.78, 5) is 1.06. The van der Waals surface area contributed by atoms with E-state index in [1.807, 2.05) is 23.6 Å². The molecule has 0 spiro atoms. The van der Waals surface area contributed by atoms with Crippen molar-refractivity contribution >= 4 is 11.3 Å². The van der Waals surface area contributed by atoms with E-state index < -0.39 is 6.10 Å². The van der Waals surface area contributed by atoms with Crippen molar-refractivity contribution in [2.75, 3.05) is 14.2 Å². The van der Waals surface area contributed by atoms with Crippen LogP contribution in [-0.2, 0) is 12.8 Å². The van der Waals surface area contributed by atoms with E-state index >= 15 is 0 Å². The van der Waals surface area contributed by atoms with Crippen molar-refractivity contribution in [1.29, 1.82) is 0 Å². The number of aliphatic hydroxyl groups is 1. The predicted octanol–water partition coefficient (Wildman–Crippen LogP) is 3.60. The van der Waals surface area contributed by atoms with Crippen molar-refractivity contribution in [3.63, 3.8) is 0 Å². The summed E-state index contributed by atoms with van der Waals surface area (Å²) >= 11 is 1.61.